The van der Waals surface area contributed by atoms with E-state index in [2.05, 4.69) is 11.9 Å². The number of aldehydes is 1. The van der Waals surface area contributed by atoms with Crippen LogP contribution in [-0.2, 0) is 16.0 Å². The van der Waals surface area contributed by atoms with Crippen molar-refractivity contribution < 1.29 is 9.59 Å². The van der Waals surface area contributed by atoms with Gasteiger partial charge in [0.15, 0.2) is 0 Å². The Kier molecular flexibility index (Phi) is 5.14. The van der Waals surface area contributed by atoms with Crippen LogP contribution in [0.4, 0.5) is 5.69 Å². The number of hydrogen-bond donors (Lipinski definition) is 1. The van der Waals surface area contributed by atoms with E-state index in [1.807, 2.05) is 30.3 Å². The van der Waals surface area contributed by atoms with E-state index in [0.29, 0.717) is 12.8 Å². The minimum atomic E-state index is -0.358. The van der Waals surface area contributed by atoms with Crippen molar-refractivity contribution >= 4 is 17.9 Å². The predicted molar refractivity (Wildman–Crippen MR) is 84.2 cm³/mol. The van der Waals surface area contributed by atoms with Gasteiger partial charge in [-0.25, -0.2) is 0 Å². The number of amides is 1. The number of carbonyl (C=O) groups is 2. The molecule has 0 aliphatic carbocycles. The van der Waals surface area contributed by atoms with Crippen molar-refractivity contribution in [2.24, 2.45) is 0 Å². The third kappa shape index (κ3) is 3.51. The molecule has 1 aliphatic heterocycles. The number of likely N-dealkylation sites (N-methyl/N-ethyl adjacent to an activating group) is 1. The molecule has 1 amide bonds. The number of nitrogens with one attached hydrogen (secondary N) is 1. The summed E-state index contributed by atoms with van der Waals surface area (Å²) in [5, 5.41) is 3.24. The zero-order valence-electron chi connectivity index (χ0n) is 12.4. The van der Waals surface area contributed by atoms with E-state index >= 15 is 0 Å². The molecule has 4 heteroatoms. The second-order valence-electron chi connectivity index (χ2n) is 5.43. The van der Waals surface area contributed by atoms with Gasteiger partial charge in [-0.2, -0.15) is 0 Å². The molecule has 4 nitrogen and oxygen atoms in total. The fourth-order valence-electron chi connectivity index (χ4n) is 2.68. The van der Waals surface area contributed by atoms with E-state index in [-0.39, 0.29) is 18.0 Å². The van der Waals surface area contributed by atoms with Crippen LogP contribution in [0.1, 0.15) is 24.8 Å². The number of hydrogen-bond acceptors (Lipinski definition) is 3. The van der Waals surface area contributed by atoms with Gasteiger partial charge in [0.1, 0.15) is 12.3 Å². The minimum absolute atomic E-state index is 0.0260. The summed E-state index contributed by atoms with van der Waals surface area (Å²) in [4.78, 5) is 25.3. The maximum atomic E-state index is 12.5. The molecule has 0 fully saturated rings. The Labute approximate surface area is 125 Å². The SMILES string of the molecule is C=CCCC[C@@H](C=O)N(C)C(=O)[C@@H]1Cc2ccccc2N1. The van der Waals surface area contributed by atoms with Crippen molar-refractivity contribution in [3.05, 3.63) is 42.5 Å². The van der Waals surface area contributed by atoms with Gasteiger partial charge in [0.05, 0.1) is 6.04 Å². The first-order valence-electron chi connectivity index (χ1n) is 7.34. The molecule has 21 heavy (non-hydrogen) atoms. The number of anilines is 1. The largest absolute Gasteiger partial charge is 0.373 e. The average Bonchev–Trinajstić information content (AvgIpc) is 2.94. The molecule has 0 spiro atoms. The highest BCUT2D eigenvalue weighted by Crippen LogP contribution is 2.26. The molecule has 2 atom stereocenters. The average molecular weight is 286 g/mol. The maximum Gasteiger partial charge on any atom is 0.245 e. The number of carbonyl (C=O) groups excluding carboxylic acids is 2. The van der Waals surface area contributed by atoms with Gasteiger partial charge in [-0.05, 0) is 30.9 Å². The number of nitrogens with zero attached hydrogens (tertiary/aromatic N) is 1. The second kappa shape index (κ2) is 7.07. The van der Waals surface area contributed by atoms with Gasteiger partial charge in [0.25, 0.3) is 0 Å². The first kappa shape index (κ1) is 15.3. The normalized spacial score (nSPS) is 17.5. The summed E-state index contributed by atoms with van der Waals surface area (Å²) in [6.45, 7) is 3.67. The van der Waals surface area contributed by atoms with Gasteiger partial charge in [0, 0.05) is 19.2 Å². The van der Waals surface area contributed by atoms with Crippen molar-refractivity contribution in [1.29, 1.82) is 0 Å². The molecular formula is C17H22N2O2. The molecule has 1 aromatic rings. The Morgan fingerprint density at radius 2 is 2.29 bits per heavy atom. The van der Waals surface area contributed by atoms with Gasteiger partial charge in [0.2, 0.25) is 5.91 Å². The molecule has 0 bridgehead atoms. The molecule has 1 heterocycles. The topological polar surface area (TPSA) is 49.4 Å². The van der Waals surface area contributed by atoms with Crippen molar-refractivity contribution in [2.75, 3.05) is 12.4 Å². The third-order valence-corrected chi connectivity index (χ3v) is 3.98. The molecular weight excluding hydrogens is 264 g/mol. The third-order valence-electron chi connectivity index (χ3n) is 3.98. The van der Waals surface area contributed by atoms with Crippen LogP contribution in [-0.4, -0.2) is 36.2 Å². The summed E-state index contributed by atoms with van der Waals surface area (Å²) >= 11 is 0. The van der Waals surface area contributed by atoms with Crippen LogP contribution >= 0.6 is 0 Å². The molecule has 1 aliphatic rings. The standard InChI is InChI=1S/C17H22N2O2/c1-3-4-5-9-14(12-20)19(2)17(21)16-11-13-8-6-7-10-15(13)18-16/h3,6-8,10,12,14,16,18H,1,4-5,9,11H2,2H3/t14-,16-/m0/s1. The fourth-order valence-corrected chi connectivity index (χ4v) is 2.68. The molecule has 1 aromatic carbocycles. The first-order valence-corrected chi connectivity index (χ1v) is 7.34. The van der Waals surface area contributed by atoms with E-state index < -0.39 is 0 Å². The number of allylic oxidation sites excluding steroid dienone is 1. The fraction of sp³-hybridized carbons (Fsp3) is 0.412. The molecule has 1 N–H and O–H groups in total. The lowest BCUT2D eigenvalue weighted by Crippen LogP contribution is -2.45. The highest BCUT2D eigenvalue weighted by Gasteiger charge is 2.31. The molecule has 0 saturated heterocycles. The quantitative estimate of drug-likeness (QED) is 0.476. The maximum absolute atomic E-state index is 12.5. The summed E-state index contributed by atoms with van der Waals surface area (Å²) in [6.07, 6.45) is 5.78. The molecule has 0 radical (unpaired) electrons. The van der Waals surface area contributed by atoms with Crippen LogP contribution < -0.4 is 5.32 Å². The lowest BCUT2D eigenvalue weighted by molar-refractivity contribution is -0.135. The van der Waals surface area contributed by atoms with E-state index in [4.69, 9.17) is 0 Å². The van der Waals surface area contributed by atoms with Crippen molar-refractivity contribution in [1.82, 2.24) is 4.90 Å². The Morgan fingerprint density at radius 3 is 2.95 bits per heavy atom. The summed E-state index contributed by atoms with van der Waals surface area (Å²) in [7, 11) is 1.71. The second-order valence-corrected chi connectivity index (χ2v) is 5.43. The number of rotatable bonds is 7. The highest BCUT2D eigenvalue weighted by atomic mass is 16.2. The molecule has 0 unspecified atom stereocenters. The van der Waals surface area contributed by atoms with Gasteiger partial charge < -0.3 is 15.0 Å². The molecule has 0 saturated carbocycles. The van der Waals surface area contributed by atoms with Gasteiger partial charge >= 0.3 is 0 Å². The van der Waals surface area contributed by atoms with Crippen molar-refractivity contribution in [3.8, 4) is 0 Å². The lowest BCUT2D eigenvalue weighted by Gasteiger charge is -2.26. The van der Waals surface area contributed by atoms with Crippen LogP contribution in [0.25, 0.3) is 0 Å². The van der Waals surface area contributed by atoms with Crippen LogP contribution in [0.3, 0.4) is 0 Å². The Morgan fingerprint density at radius 1 is 1.52 bits per heavy atom. The van der Waals surface area contributed by atoms with Crippen LogP contribution in [0.2, 0.25) is 0 Å². The summed E-state index contributed by atoms with van der Waals surface area (Å²) in [6, 6.07) is 7.30. The summed E-state index contributed by atoms with van der Waals surface area (Å²) in [5.74, 6) is -0.0260. The molecule has 0 aromatic heterocycles. The van der Waals surface area contributed by atoms with Crippen LogP contribution in [0, 0.1) is 0 Å². The van der Waals surface area contributed by atoms with Crippen molar-refractivity contribution in [2.45, 2.75) is 37.8 Å². The van der Waals surface area contributed by atoms with Crippen LogP contribution in [0.5, 0.6) is 0 Å². The number of para-hydroxylation sites is 1. The number of fused-ring (bicyclic) bond motifs is 1. The monoisotopic (exact) mass is 286 g/mol. The van der Waals surface area contributed by atoms with E-state index in [9.17, 15) is 9.59 Å². The zero-order valence-corrected chi connectivity index (χ0v) is 12.4. The lowest BCUT2D eigenvalue weighted by atomic mass is 10.1. The van der Waals surface area contributed by atoms with E-state index in [0.717, 1.165) is 30.4 Å². The van der Waals surface area contributed by atoms with Gasteiger partial charge in [-0.15, -0.1) is 6.58 Å². The Bertz CT molecular complexity index is 502. The van der Waals surface area contributed by atoms with E-state index in [1.54, 1.807) is 11.9 Å². The Hall–Kier alpha value is -2.10. The van der Waals surface area contributed by atoms with E-state index in [1.165, 1.54) is 0 Å². The summed E-state index contributed by atoms with van der Waals surface area (Å²) in [5.41, 5.74) is 2.16. The highest BCUT2D eigenvalue weighted by molar-refractivity contribution is 5.89. The Balaban J connectivity index is 1.96. The zero-order chi connectivity index (χ0) is 15.2. The smallest absolute Gasteiger partial charge is 0.245 e. The summed E-state index contributed by atoms with van der Waals surface area (Å²) < 4.78 is 0. The number of unbranched alkanes of at least 4 members (excludes halogenated alkanes) is 1. The van der Waals surface area contributed by atoms with Gasteiger partial charge in [-0.3, -0.25) is 4.79 Å². The minimum Gasteiger partial charge on any atom is -0.373 e. The number of benzene rings is 1. The van der Waals surface area contributed by atoms with Crippen LogP contribution in [0.15, 0.2) is 36.9 Å². The molecule has 2 rings (SSSR count). The first-order chi connectivity index (χ1) is 10.2. The predicted octanol–water partition coefficient (Wildman–Crippen LogP) is 2.41. The van der Waals surface area contributed by atoms with Crippen molar-refractivity contribution in [3.63, 3.8) is 0 Å². The molecule has 112 valence electrons. The van der Waals surface area contributed by atoms with Gasteiger partial charge in [-0.1, -0.05) is 24.3 Å².